The molecule has 1 N–H and O–H groups in total. The number of para-hydroxylation sites is 1. The number of carbonyl (C=O) groups is 2. The van der Waals surface area contributed by atoms with Gasteiger partial charge in [0.05, 0.1) is 7.11 Å². The van der Waals surface area contributed by atoms with Crippen LogP contribution in [0.4, 0.5) is 4.39 Å². The van der Waals surface area contributed by atoms with Gasteiger partial charge in [0.25, 0.3) is 5.91 Å². The molecule has 0 unspecified atom stereocenters. The van der Waals surface area contributed by atoms with E-state index in [1.54, 1.807) is 19.2 Å². The summed E-state index contributed by atoms with van der Waals surface area (Å²) in [5.41, 5.74) is 0.655. The number of benzene rings is 2. The van der Waals surface area contributed by atoms with Gasteiger partial charge in [-0.05, 0) is 29.8 Å². The molecule has 0 saturated heterocycles. The summed E-state index contributed by atoms with van der Waals surface area (Å²) in [5, 5.41) is 9.90. The molecule has 7 heteroatoms. The number of hydrogen-bond acceptors (Lipinski definition) is 5. The molecular weight excluding hydrogens is 329 g/mol. The molecule has 0 radical (unpaired) electrons. The third-order valence-electron chi connectivity index (χ3n) is 3.52. The zero-order chi connectivity index (χ0) is 18.4. The fraction of sp³-hybridized carbons (Fsp3) is 0.222. The monoisotopic (exact) mass is 347 g/mol. The first kappa shape index (κ1) is 18.3. The Bertz CT molecular complexity index is 761. The number of aromatic hydroxyl groups is 1. The summed E-state index contributed by atoms with van der Waals surface area (Å²) in [4.78, 5) is 25.4. The van der Waals surface area contributed by atoms with Crippen LogP contribution >= 0.6 is 0 Å². The van der Waals surface area contributed by atoms with Crippen molar-refractivity contribution in [1.29, 1.82) is 0 Å². The van der Waals surface area contributed by atoms with Crippen LogP contribution in [-0.4, -0.2) is 42.6 Å². The number of likely N-dealkylation sites (N-methyl/N-ethyl adjacent to an activating group) is 1. The summed E-state index contributed by atoms with van der Waals surface area (Å²) in [6.45, 7) is -0.228. The van der Waals surface area contributed by atoms with Crippen molar-refractivity contribution >= 4 is 11.9 Å². The molecule has 132 valence electrons. The predicted molar refractivity (Wildman–Crippen MR) is 87.8 cm³/mol. The van der Waals surface area contributed by atoms with Gasteiger partial charge in [0.2, 0.25) is 0 Å². The first-order valence-electron chi connectivity index (χ1n) is 7.44. The maximum absolute atomic E-state index is 12.9. The fourth-order valence-electron chi connectivity index (χ4n) is 2.12. The second-order valence-corrected chi connectivity index (χ2v) is 5.31. The van der Waals surface area contributed by atoms with Gasteiger partial charge < -0.3 is 19.5 Å². The van der Waals surface area contributed by atoms with Crippen molar-refractivity contribution in [2.75, 3.05) is 20.8 Å². The highest BCUT2D eigenvalue weighted by Crippen LogP contribution is 2.29. The smallest absolute Gasteiger partial charge is 0.342 e. The van der Waals surface area contributed by atoms with Gasteiger partial charge in [-0.2, -0.15) is 0 Å². The lowest BCUT2D eigenvalue weighted by Crippen LogP contribution is -2.30. The van der Waals surface area contributed by atoms with Crippen molar-refractivity contribution in [3.05, 3.63) is 59.4 Å². The summed E-state index contributed by atoms with van der Waals surface area (Å²) in [6, 6.07) is 10.1. The predicted octanol–water partition coefficient (Wildman–Crippen LogP) is 2.36. The largest absolute Gasteiger partial charge is 0.504 e. The lowest BCUT2D eigenvalue weighted by molar-refractivity contribution is -0.133. The Morgan fingerprint density at radius 1 is 1.16 bits per heavy atom. The Hall–Kier alpha value is -3.09. The molecule has 2 rings (SSSR count). The molecule has 0 bridgehead atoms. The van der Waals surface area contributed by atoms with Crippen molar-refractivity contribution in [2.45, 2.75) is 6.54 Å². The van der Waals surface area contributed by atoms with E-state index in [0.717, 1.165) is 5.56 Å². The number of phenolic OH excluding ortho intramolecular Hbond substituents is 1. The number of ether oxygens (including phenoxy) is 2. The Morgan fingerprint density at radius 2 is 1.84 bits per heavy atom. The fourth-order valence-corrected chi connectivity index (χ4v) is 2.12. The summed E-state index contributed by atoms with van der Waals surface area (Å²) < 4.78 is 22.7. The van der Waals surface area contributed by atoms with Crippen LogP contribution in [0.1, 0.15) is 15.9 Å². The summed E-state index contributed by atoms with van der Waals surface area (Å²) in [5.74, 6) is -1.83. The molecule has 25 heavy (non-hydrogen) atoms. The number of esters is 1. The maximum atomic E-state index is 12.9. The van der Waals surface area contributed by atoms with E-state index in [-0.39, 0.29) is 29.4 Å². The lowest BCUT2D eigenvalue weighted by Gasteiger charge is -2.17. The molecule has 0 aliphatic rings. The Labute approximate surface area is 144 Å². The van der Waals surface area contributed by atoms with Crippen molar-refractivity contribution in [3.63, 3.8) is 0 Å². The molecule has 6 nitrogen and oxygen atoms in total. The van der Waals surface area contributed by atoms with E-state index < -0.39 is 18.5 Å². The third-order valence-corrected chi connectivity index (χ3v) is 3.52. The van der Waals surface area contributed by atoms with Gasteiger partial charge in [0.1, 0.15) is 11.4 Å². The van der Waals surface area contributed by atoms with Crippen LogP contribution in [0.3, 0.4) is 0 Å². The van der Waals surface area contributed by atoms with Gasteiger partial charge in [0, 0.05) is 13.6 Å². The number of nitrogens with zero attached hydrogens (tertiary/aromatic N) is 1. The molecule has 0 fully saturated rings. The zero-order valence-electron chi connectivity index (χ0n) is 13.9. The normalized spacial score (nSPS) is 10.2. The van der Waals surface area contributed by atoms with Crippen molar-refractivity contribution in [2.24, 2.45) is 0 Å². The van der Waals surface area contributed by atoms with Crippen LogP contribution in [-0.2, 0) is 16.1 Å². The molecule has 2 aromatic carbocycles. The summed E-state index contributed by atoms with van der Waals surface area (Å²) in [6.07, 6.45) is 0. The number of amides is 1. The van der Waals surface area contributed by atoms with E-state index in [1.165, 1.54) is 42.3 Å². The molecule has 2 aromatic rings. The van der Waals surface area contributed by atoms with Gasteiger partial charge in [-0.1, -0.05) is 18.2 Å². The highest BCUT2D eigenvalue weighted by atomic mass is 19.1. The second kappa shape index (κ2) is 8.14. The van der Waals surface area contributed by atoms with Gasteiger partial charge in [-0.15, -0.1) is 0 Å². The van der Waals surface area contributed by atoms with E-state index in [0.29, 0.717) is 0 Å². The van der Waals surface area contributed by atoms with Gasteiger partial charge in [-0.25, -0.2) is 9.18 Å². The van der Waals surface area contributed by atoms with E-state index >= 15 is 0 Å². The highest BCUT2D eigenvalue weighted by Gasteiger charge is 2.18. The third kappa shape index (κ3) is 4.69. The van der Waals surface area contributed by atoms with Crippen LogP contribution in [0.15, 0.2) is 42.5 Å². The number of rotatable bonds is 6. The highest BCUT2D eigenvalue weighted by molar-refractivity contribution is 5.94. The van der Waals surface area contributed by atoms with E-state index in [4.69, 9.17) is 9.47 Å². The molecule has 0 aliphatic carbocycles. The Morgan fingerprint density at radius 3 is 2.48 bits per heavy atom. The second-order valence-electron chi connectivity index (χ2n) is 5.31. The quantitative estimate of drug-likeness (QED) is 0.812. The maximum Gasteiger partial charge on any atom is 0.342 e. The minimum absolute atomic E-state index is 0.0895. The average Bonchev–Trinajstić information content (AvgIpc) is 2.61. The Balaban J connectivity index is 1.92. The van der Waals surface area contributed by atoms with Crippen molar-refractivity contribution in [3.8, 4) is 11.5 Å². The van der Waals surface area contributed by atoms with Gasteiger partial charge in [-0.3, -0.25) is 4.79 Å². The van der Waals surface area contributed by atoms with Crippen LogP contribution in [0, 0.1) is 5.82 Å². The van der Waals surface area contributed by atoms with E-state index in [2.05, 4.69) is 0 Å². The standard InChI is InChI=1S/C18H18FNO5/c1-20(10-12-6-8-13(19)9-7-12)16(21)11-25-18(23)14-4-3-5-15(24-2)17(14)22/h3-9,22H,10-11H2,1-2H3. The number of halogens is 1. The van der Waals surface area contributed by atoms with Crippen molar-refractivity contribution in [1.82, 2.24) is 4.90 Å². The number of hydrogen-bond donors (Lipinski definition) is 1. The average molecular weight is 347 g/mol. The van der Waals surface area contributed by atoms with E-state index in [1.807, 2.05) is 0 Å². The number of phenols is 1. The molecular formula is C18H18FNO5. The van der Waals surface area contributed by atoms with Crippen molar-refractivity contribution < 1.29 is 28.6 Å². The minimum Gasteiger partial charge on any atom is -0.504 e. The Kier molecular flexibility index (Phi) is 5.94. The molecule has 0 saturated carbocycles. The van der Waals surface area contributed by atoms with Gasteiger partial charge in [0.15, 0.2) is 18.1 Å². The van der Waals surface area contributed by atoms with Crippen LogP contribution < -0.4 is 4.74 Å². The van der Waals surface area contributed by atoms with Crippen LogP contribution in [0.25, 0.3) is 0 Å². The molecule has 0 spiro atoms. The number of carbonyl (C=O) groups excluding carboxylic acids is 2. The molecule has 0 heterocycles. The lowest BCUT2D eigenvalue weighted by atomic mass is 10.2. The molecule has 0 aliphatic heterocycles. The van der Waals surface area contributed by atoms with E-state index in [9.17, 15) is 19.1 Å². The first-order chi connectivity index (χ1) is 11.9. The number of methoxy groups -OCH3 is 1. The van der Waals surface area contributed by atoms with Gasteiger partial charge >= 0.3 is 5.97 Å². The SMILES string of the molecule is COc1cccc(C(=O)OCC(=O)N(C)Cc2ccc(F)cc2)c1O. The molecule has 0 atom stereocenters. The van der Waals surface area contributed by atoms with Crippen LogP contribution in [0.5, 0.6) is 11.5 Å². The summed E-state index contributed by atoms with van der Waals surface area (Å²) >= 11 is 0. The first-order valence-corrected chi connectivity index (χ1v) is 7.44. The summed E-state index contributed by atoms with van der Waals surface area (Å²) in [7, 11) is 2.90. The topological polar surface area (TPSA) is 76.1 Å². The molecule has 1 amide bonds. The zero-order valence-corrected chi connectivity index (χ0v) is 13.9. The molecule has 0 aromatic heterocycles. The minimum atomic E-state index is -0.833. The van der Waals surface area contributed by atoms with Crippen LogP contribution in [0.2, 0.25) is 0 Å².